The van der Waals surface area contributed by atoms with Gasteiger partial charge in [-0.15, -0.1) is 0 Å². The van der Waals surface area contributed by atoms with Gasteiger partial charge in [-0.2, -0.15) is 0 Å². The third kappa shape index (κ3) is 13.4. The van der Waals surface area contributed by atoms with Crippen LogP contribution in [0.4, 0.5) is 10.2 Å². The molecule has 2 aromatic heterocycles. The van der Waals surface area contributed by atoms with Crippen LogP contribution < -0.4 is 5.32 Å². The number of nitrogens with zero attached hydrogens (tertiary/aromatic N) is 4. The first kappa shape index (κ1) is 56.6. The Morgan fingerprint density at radius 3 is 2.08 bits per heavy atom. The second-order valence-corrected chi connectivity index (χ2v) is 23.9. The average Bonchev–Trinajstić information content (AvgIpc) is 4.07. The molecule has 3 aliphatic heterocycles. The van der Waals surface area contributed by atoms with E-state index in [2.05, 4.69) is 17.2 Å². The van der Waals surface area contributed by atoms with Crippen LogP contribution in [-0.4, -0.2) is 103 Å². The highest BCUT2D eigenvalue weighted by atomic mass is 32.5. The molecule has 406 valence electrons. The fourth-order valence-electron chi connectivity index (χ4n) is 10.0. The van der Waals surface area contributed by atoms with Gasteiger partial charge >= 0.3 is 26.5 Å². The molecule has 0 radical (unpaired) electrons. The number of phosphoric ester groups is 1. The van der Waals surface area contributed by atoms with Gasteiger partial charge < -0.3 is 48.0 Å². The molecule has 75 heavy (non-hydrogen) atoms. The Morgan fingerprint density at radius 1 is 0.867 bits per heavy atom. The number of aromatic nitrogens is 4. The molecule has 23 heteroatoms. The van der Waals surface area contributed by atoms with E-state index in [1.807, 2.05) is 91.0 Å². The lowest BCUT2D eigenvalue weighted by Crippen LogP contribution is -2.55. The molecule has 3 aromatic carbocycles. The highest BCUT2D eigenvalue weighted by Gasteiger charge is 2.57. The molecule has 0 saturated carbocycles. The molecule has 8 rings (SSSR count). The summed E-state index contributed by atoms with van der Waals surface area (Å²) in [4.78, 5) is 61.2. The predicted octanol–water partition coefficient (Wildman–Crippen LogP) is 9.58. The Balaban J connectivity index is 0.964. The van der Waals surface area contributed by atoms with E-state index in [9.17, 15) is 23.9 Å². The largest absolute Gasteiger partial charge is 0.481 e. The van der Waals surface area contributed by atoms with Crippen LogP contribution in [0.1, 0.15) is 109 Å². The van der Waals surface area contributed by atoms with Crippen molar-refractivity contribution >= 4 is 55.3 Å². The first-order valence-electron chi connectivity index (χ1n) is 25.3. The smallest absolute Gasteiger partial charge is 0.462 e. The number of esters is 2. The van der Waals surface area contributed by atoms with Gasteiger partial charge in [-0.25, -0.2) is 28.2 Å². The second kappa shape index (κ2) is 24.4. The molecule has 3 N–H and O–H groups in total. The number of imidazole rings is 1. The number of anilines is 1. The summed E-state index contributed by atoms with van der Waals surface area (Å²) < 4.78 is 83.1. The van der Waals surface area contributed by atoms with E-state index < -0.39 is 112 Å². The van der Waals surface area contributed by atoms with Crippen molar-refractivity contribution < 1.29 is 70.1 Å². The number of rotatable bonds is 24. The summed E-state index contributed by atoms with van der Waals surface area (Å²) in [5, 5.41) is 3.77. The van der Waals surface area contributed by atoms with Gasteiger partial charge in [-0.1, -0.05) is 144 Å². The molecule has 0 aliphatic carbocycles. The van der Waals surface area contributed by atoms with E-state index in [4.69, 9.17) is 63.6 Å². The second-order valence-electron chi connectivity index (χ2n) is 19.5. The van der Waals surface area contributed by atoms with Crippen molar-refractivity contribution in [2.45, 2.75) is 147 Å². The van der Waals surface area contributed by atoms with Crippen molar-refractivity contribution in [3.05, 3.63) is 120 Å². The molecule has 19 nitrogen and oxygen atoms in total. The van der Waals surface area contributed by atoms with E-state index in [1.54, 1.807) is 38.6 Å². The van der Waals surface area contributed by atoms with Crippen LogP contribution in [0.5, 0.6) is 0 Å². The molecule has 5 unspecified atom stereocenters. The molecular weight excluding hydrogens is 1030 g/mol. The van der Waals surface area contributed by atoms with Crippen molar-refractivity contribution in [3.8, 4) is 0 Å². The zero-order valence-corrected chi connectivity index (χ0v) is 45.3. The van der Waals surface area contributed by atoms with Crippen molar-refractivity contribution in [2.75, 3.05) is 18.5 Å². The summed E-state index contributed by atoms with van der Waals surface area (Å²) >= 11 is 5.22. The Morgan fingerprint density at radius 2 is 1.47 bits per heavy atom. The number of unbranched alkanes of at least 4 members (excludes halogenated alkanes) is 5. The van der Waals surface area contributed by atoms with Gasteiger partial charge in [-0.3, -0.25) is 18.7 Å². The Bertz CT molecular complexity index is 2710. The van der Waals surface area contributed by atoms with E-state index >= 15 is 4.39 Å². The zero-order valence-electron chi connectivity index (χ0n) is 42.7. The lowest BCUT2D eigenvalue weighted by Gasteiger charge is -2.44. The normalized spacial score (nSPS) is 26.4. The third-order valence-corrected chi connectivity index (χ3v) is 17.3. The van der Waals surface area contributed by atoms with Gasteiger partial charge in [0.05, 0.1) is 19.0 Å². The Hall–Kier alpha value is -4.60. The molecule has 3 fully saturated rings. The number of carbonyl (C=O) groups excluding carboxylic acids is 2. The summed E-state index contributed by atoms with van der Waals surface area (Å²) in [6.45, 7) is 4.06. The van der Waals surface area contributed by atoms with Crippen LogP contribution in [0.3, 0.4) is 0 Å². The SMILES string of the molecule is CCCCCCCCC(=O)OC[C@H](F)C1O[C@@H](OP(=O)(O)OP(O)(=S)OC[C@H]2O[C@@H](n3cnc4c(NC(c5ccccc5)(c5ccccc5)c5ccccc5)ncnc43)C3OC(C)(C)O[C@H]32)C(OC(C)=O)[C@@H](C)[C@@H]1C. The van der Waals surface area contributed by atoms with E-state index in [0.29, 0.717) is 23.4 Å². The standard InChI is InChI=1S/C52H66FN5O14P2S/c1-7-8-9-10-11-21-28-41(60)64-29-39(53)43-33(2)34(3)44(66-35(4)59)50(68-43)71-73(61,62)72-74(63,75)65-30-40-45-46(70-51(5,6)69-45)49(67-40)58-32-56-42-47(54-31-55-48(42)58)57-52(36-22-15-12-16-23-36,37-24-17-13-18-25-37)38-26-19-14-20-27-38/h12-20,22-27,31-34,39-40,43-46,49-50H,7-11,21,28-30H2,1-6H3,(H,61,62)(H,63,75)(H,54,55,57)/t33-,34-,39-,40+,43?,44?,45-,46?,49+,50-,74?/m0/s1. The van der Waals surface area contributed by atoms with Crippen molar-refractivity contribution in [3.63, 3.8) is 0 Å². The van der Waals surface area contributed by atoms with Crippen molar-refractivity contribution in [1.29, 1.82) is 0 Å². The average molecular weight is 1100 g/mol. The van der Waals surface area contributed by atoms with Crippen LogP contribution in [0.15, 0.2) is 104 Å². The van der Waals surface area contributed by atoms with E-state index in [0.717, 1.165) is 55.7 Å². The lowest BCUT2D eigenvalue weighted by molar-refractivity contribution is -0.262. The summed E-state index contributed by atoms with van der Waals surface area (Å²) in [6, 6.07) is 30.0. The van der Waals surface area contributed by atoms with Crippen molar-refractivity contribution in [1.82, 2.24) is 19.5 Å². The molecule has 12 atom stereocenters. The summed E-state index contributed by atoms with van der Waals surface area (Å²) in [7, 11) is -5.47. The van der Waals surface area contributed by atoms with Gasteiger partial charge in [0, 0.05) is 19.3 Å². The summed E-state index contributed by atoms with van der Waals surface area (Å²) in [6.07, 6.45) is -1.22. The molecule has 0 amide bonds. The quantitative estimate of drug-likeness (QED) is 0.0226. The molecule has 0 spiro atoms. The minimum absolute atomic E-state index is 0.127. The van der Waals surface area contributed by atoms with Crippen molar-refractivity contribution in [2.24, 2.45) is 11.8 Å². The molecule has 3 aliphatic rings. The number of nitrogens with one attached hydrogen (secondary N) is 1. The third-order valence-electron chi connectivity index (χ3n) is 13.8. The number of hydrogen-bond acceptors (Lipinski definition) is 17. The number of halogens is 1. The fourth-order valence-corrected chi connectivity index (χ4v) is 13.1. The predicted molar refractivity (Wildman–Crippen MR) is 277 cm³/mol. The number of benzene rings is 3. The van der Waals surface area contributed by atoms with E-state index in [1.165, 1.54) is 6.33 Å². The minimum Gasteiger partial charge on any atom is -0.462 e. The van der Waals surface area contributed by atoms with Gasteiger partial charge in [0.1, 0.15) is 36.8 Å². The number of fused-ring (bicyclic) bond motifs is 2. The molecule has 0 bridgehead atoms. The number of phosphoric acid groups is 1. The monoisotopic (exact) mass is 1100 g/mol. The molecular formula is C52H66FN5O14P2S. The van der Waals surface area contributed by atoms with Gasteiger partial charge in [0.25, 0.3) is 0 Å². The van der Waals surface area contributed by atoms with Gasteiger partial charge in [0.2, 0.25) is 6.29 Å². The minimum atomic E-state index is -5.47. The maximum Gasteiger partial charge on any atom is 0.481 e. The first-order chi connectivity index (χ1) is 35.8. The zero-order chi connectivity index (χ0) is 53.5. The number of hydrogen-bond donors (Lipinski definition) is 3. The maximum absolute atomic E-state index is 15.9. The Kier molecular flexibility index (Phi) is 18.4. The van der Waals surface area contributed by atoms with Crippen LogP contribution in [0, 0.1) is 11.8 Å². The first-order valence-corrected chi connectivity index (χ1v) is 29.4. The van der Waals surface area contributed by atoms with Crippen LogP contribution in [0.25, 0.3) is 11.2 Å². The van der Waals surface area contributed by atoms with Gasteiger partial charge in [0.15, 0.2) is 41.3 Å². The van der Waals surface area contributed by atoms with E-state index in [-0.39, 0.29) is 6.42 Å². The fraction of sp³-hybridized carbons (Fsp3) is 0.519. The van der Waals surface area contributed by atoms with Crippen LogP contribution >= 0.6 is 14.5 Å². The van der Waals surface area contributed by atoms with Crippen LogP contribution in [-0.2, 0) is 73.3 Å². The molecule has 5 aromatic rings. The van der Waals surface area contributed by atoms with Crippen LogP contribution in [0.2, 0.25) is 0 Å². The topological polar surface area (TPSA) is 230 Å². The lowest BCUT2D eigenvalue weighted by atomic mass is 9.77. The number of ether oxygens (including phenoxy) is 6. The highest BCUT2D eigenvalue weighted by Crippen LogP contribution is 2.62. The summed E-state index contributed by atoms with van der Waals surface area (Å²) in [5.74, 6) is -3.42. The molecule has 3 saturated heterocycles. The molecule has 5 heterocycles. The van der Waals surface area contributed by atoms with Gasteiger partial charge in [-0.05, 0) is 54.7 Å². The highest BCUT2D eigenvalue weighted by molar-refractivity contribution is 8.08. The summed E-state index contributed by atoms with van der Waals surface area (Å²) in [5.41, 5.74) is 2.69. The number of carbonyl (C=O) groups is 2. The Labute approximate surface area is 441 Å². The maximum atomic E-state index is 15.9. The number of alkyl halides is 1.